The van der Waals surface area contributed by atoms with Crippen molar-refractivity contribution in [1.82, 2.24) is 9.78 Å². The van der Waals surface area contributed by atoms with E-state index in [-0.39, 0.29) is 6.54 Å². The van der Waals surface area contributed by atoms with Gasteiger partial charge in [0.15, 0.2) is 5.67 Å². The van der Waals surface area contributed by atoms with Gasteiger partial charge in [-0.05, 0) is 13.0 Å². The second kappa shape index (κ2) is 3.93. The number of hydrogen-bond donors (Lipinski definition) is 1. The quantitative estimate of drug-likeness (QED) is 0.835. The minimum atomic E-state index is -1.53. The minimum Gasteiger partial charge on any atom is -0.327 e. The van der Waals surface area contributed by atoms with Crippen molar-refractivity contribution >= 4 is 0 Å². The van der Waals surface area contributed by atoms with E-state index in [1.54, 1.807) is 16.9 Å². The number of aromatic nitrogens is 2. The van der Waals surface area contributed by atoms with Crippen LogP contribution >= 0.6 is 0 Å². The average Bonchev–Trinajstić information content (AvgIpc) is 2.62. The maximum Gasteiger partial charge on any atom is 0.169 e. The van der Waals surface area contributed by atoms with Crippen molar-refractivity contribution in [3.05, 3.63) is 18.0 Å². The van der Waals surface area contributed by atoms with Crippen LogP contribution in [0, 0.1) is 5.41 Å². The first-order chi connectivity index (χ1) is 6.86. The van der Waals surface area contributed by atoms with Crippen LogP contribution in [-0.4, -0.2) is 16.3 Å². The molecule has 1 rings (SSSR count). The predicted octanol–water partition coefficient (Wildman–Crippen LogP) is 2.07. The Morgan fingerprint density at radius 1 is 1.47 bits per heavy atom. The topological polar surface area (TPSA) is 43.8 Å². The molecule has 0 saturated carbocycles. The number of rotatable bonds is 3. The summed E-state index contributed by atoms with van der Waals surface area (Å²) in [7, 11) is 0. The predicted molar refractivity (Wildman–Crippen MR) is 59.2 cm³/mol. The van der Waals surface area contributed by atoms with Gasteiger partial charge in [-0.15, -0.1) is 0 Å². The minimum absolute atomic E-state index is 0.0256. The highest BCUT2D eigenvalue weighted by Gasteiger charge is 2.45. The van der Waals surface area contributed by atoms with Gasteiger partial charge in [-0.1, -0.05) is 20.8 Å². The molecule has 0 aliphatic carbocycles. The molecule has 1 aromatic rings. The monoisotopic (exact) mass is 213 g/mol. The molecule has 0 aliphatic rings. The molecular formula is C11H20FN3. The highest BCUT2D eigenvalue weighted by molar-refractivity contribution is 5.16. The third kappa shape index (κ3) is 1.91. The van der Waals surface area contributed by atoms with E-state index < -0.39 is 11.1 Å². The van der Waals surface area contributed by atoms with Crippen molar-refractivity contribution in [2.24, 2.45) is 11.1 Å². The lowest BCUT2D eigenvalue weighted by atomic mass is 9.76. The summed E-state index contributed by atoms with van der Waals surface area (Å²) in [4.78, 5) is 0. The lowest BCUT2D eigenvalue weighted by Gasteiger charge is -2.37. The molecule has 86 valence electrons. The van der Waals surface area contributed by atoms with E-state index >= 15 is 0 Å². The van der Waals surface area contributed by atoms with Crippen LogP contribution in [0.3, 0.4) is 0 Å². The smallest absolute Gasteiger partial charge is 0.169 e. The van der Waals surface area contributed by atoms with Crippen LogP contribution in [0.5, 0.6) is 0 Å². The van der Waals surface area contributed by atoms with E-state index in [4.69, 9.17) is 5.73 Å². The van der Waals surface area contributed by atoms with Gasteiger partial charge in [0, 0.05) is 24.7 Å². The van der Waals surface area contributed by atoms with Gasteiger partial charge in [-0.2, -0.15) is 5.10 Å². The molecule has 1 aromatic heterocycles. The van der Waals surface area contributed by atoms with Gasteiger partial charge < -0.3 is 5.73 Å². The Bertz CT molecular complexity index is 327. The summed E-state index contributed by atoms with van der Waals surface area (Å²) in [6, 6.07) is 1.71. The number of hydrogen-bond acceptors (Lipinski definition) is 2. The zero-order chi connectivity index (χ0) is 11.7. The standard InChI is InChI=1S/C11H20FN3/c1-5-15-9(6-7-14-15)11(12,8-13)10(2,3)4/h6-7H,5,8,13H2,1-4H3. The second-order valence-electron chi connectivity index (χ2n) is 4.79. The number of aryl methyl sites for hydroxylation is 1. The van der Waals surface area contributed by atoms with Gasteiger partial charge in [-0.3, -0.25) is 4.68 Å². The Balaban J connectivity index is 3.23. The first kappa shape index (κ1) is 12.2. The van der Waals surface area contributed by atoms with Crippen molar-refractivity contribution in [3.63, 3.8) is 0 Å². The molecule has 0 bridgehead atoms. The Kier molecular flexibility index (Phi) is 3.19. The maximum absolute atomic E-state index is 14.9. The maximum atomic E-state index is 14.9. The van der Waals surface area contributed by atoms with Crippen LogP contribution in [0.15, 0.2) is 12.3 Å². The SMILES string of the molecule is CCn1nccc1C(F)(CN)C(C)(C)C. The summed E-state index contributed by atoms with van der Waals surface area (Å²) in [6.07, 6.45) is 1.62. The zero-order valence-electron chi connectivity index (χ0n) is 9.92. The molecule has 0 spiro atoms. The van der Waals surface area contributed by atoms with Gasteiger partial charge in [0.2, 0.25) is 0 Å². The fourth-order valence-corrected chi connectivity index (χ4v) is 1.72. The molecular weight excluding hydrogens is 193 g/mol. The van der Waals surface area contributed by atoms with Crippen molar-refractivity contribution in [2.45, 2.75) is 39.9 Å². The van der Waals surface area contributed by atoms with E-state index in [1.165, 1.54) is 0 Å². The van der Waals surface area contributed by atoms with Crippen LogP contribution in [0.4, 0.5) is 4.39 Å². The summed E-state index contributed by atoms with van der Waals surface area (Å²) in [5, 5.41) is 4.08. The lowest BCUT2D eigenvalue weighted by molar-refractivity contribution is 0.0253. The number of nitrogens with two attached hydrogens (primary N) is 1. The molecule has 0 fully saturated rings. The van der Waals surface area contributed by atoms with Crippen LogP contribution < -0.4 is 5.73 Å². The van der Waals surface area contributed by atoms with Crippen LogP contribution in [0.1, 0.15) is 33.4 Å². The number of nitrogens with zero attached hydrogens (tertiary/aromatic N) is 2. The molecule has 15 heavy (non-hydrogen) atoms. The number of halogens is 1. The molecule has 3 nitrogen and oxygen atoms in total. The Morgan fingerprint density at radius 2 is 2.07 bits per heavy atom. The molecule has 0 amide bonds. The lowest BCUT2D eigenvalue weighted by Crippen LogP contribution is -2.44. The van der Waals surface area contributed by atoms with Crippen molar-refractivity contribution in [3.8, 4) is 0 Å². The van der Waals surface area contributed by atoms with E-state index in [0.29, 0.717) is 12.2 Å². The summed E-state index contributed by atoms with van der Waals surface area (Å²) >= 11 is 0. The zero-order valence-corrected chi connectivity index (χ0v) is 9.92. The van der Waals surface area contributed by atoms with Crippen LogP contribution in [0.25, 0.3) is 0 Å². The number of alkyl halides is 1. The Morgan fingerprint density at radius 3 is 2.47 bits per heavy atom. The van der Waals surface area contributed by atoms with E-state index in [2.05, 4.69) is 5.10 Å². The van der Waals surface area contributed by atoms with E-state index in [1.807, 2.05) is 27.7 Å². The van der Waals surface area contributed by atoms with Crippen LogP contribution in [-0.2, 0) is 12.2 Å². The van der Waals surface area contributed by atoms with Gasteiger partial charge >= 0.3 is 0 Å². The Labute approximate surface area is 90.5 Å². The summed E-state index contributed by atoms with van der Waals surface area (Å²) < 4.78 is 16.5. The second-order valence-corrected chi connectivity index (χ2v) is 4.79. The largest absolute Gasteiger partial charge is 0.327 e. The van der Waals surface area contributed by atoms with Gasteiger partial charge in [0.05, 0.1) is 5.69 Å². The molecule has 1 heterocycles. The molecule has 2 N–H and O–H groups in total. The van der Waals surface area contributed by atoms with E-state index in [9.17, 15) is 4.39 Å². The Hall–Kier alpha value is -0.900. The highest BCUT2D eigenvalue weighted by Crippen LogP contribution is 2.41. The fraction of sp³-hybridized carbons (Fsp3) is 0.727. The van der Waals surface area contributed by atoms with Gasteiger partial charge in [0.1, 0.15) is 0 Å². The third-order valence-corrected chi connectivity index (χ3v) is 2.89. The average molecular weight is 213 g/mol. The highest BCUT2D eigenvalue weighted by atomic mass is 19.1. The normalized spacial score (nSPS) is 16.4. The molecule has 0 saturated heterocycles. The van der Waals surface area contributed by atoms with Crippen molar-refractivity contribution in [2.75, 3.05) is 6.54 Å². The molecule has 1 unspecified atom stereocenters. The molecule has 4 heteroatoms. The first-order valence-corrected chi connectivity index (χ1v) is 5.28. The summed E-state index contributed by atoms with van der Waals surface area (Å²) in [5.41, 5.74) is 4.10. The third-order valence-electron chi connectivity index (χ3n) is 2.89. The van der Waals surface area contributed by atoms with Gasteiger partial charge in [-0.25, -0.2) is 4.39 Å². The fourth-order valence-electron chi connectivity index (χ4n) is 1.72. The summed E-state index contributed by atoms with van der Waals surface area (Å²) in [5.74, 6) is 0. The first-order valence-electron chi connectivity index (χ1n) is 5.28. The van der Waals surface area contributed by atoms with Gasteiger partial charge in [0.25, 0.3) is 0 Å². The van der Waals surface area contributed by atoms with Crippen molar-refractivity contribution < 1.29 is 4.39 Å². The molecule has 0 aromatic carbocycles. The van der Waals surface area contributed by atoms with E-state index in [0.717, 1.165) is 0 Å². The van der Waals surface area contributed by atoms with Crippen molar-refractivity contribution in [1.29, 1.82) is 0 Å². The molecule has 0 aliphatic heterocycles. The van der Waals surface area contributed by atoms with Crippen LogP contribution in [0.2, 0.25) is 0 Å². The summed E-state index contributed by atoms with van der Waals surface area (Å²) in [6.45, 7) is 8.13. The molecule has 0 radical (unpaired) electrons. The molecule has 1 atom stereocenters.